The third-order valence-corrected chi connectivity index (χ3v) is 10.4. The number of hydrogen-bond acceptors (Lipinski definition) is 6. The van der Waals surface area contributed by atoms with Crippen LogP contribution in [0.1, 0.15) is 39.0 Å². The van der Waals surface area contributed by atoms with Crippen LogP contribution >= 0.6 is 23.4 Å². The summed E-state index contributed by atoms with van der Waals surface area (Å²) in [7, 11) is 0. The molecule has 1 aromatic rings. The number of fused-ring (bicyclic) bond motifs is 1. The smallest absolute Gasteiger partial charge is 0.310 e. The fraction of sp³-hybridized carbons (Fsp3) is 0.552. The topological polar surface area (TPSA) is 87.2 Å². The molecule has 3 aliphatic heterocycles. The van der Waals surface area contributed by atoms with E-state index >= 15 is 0 Å². The first kappa shape index (κ1) is 28.7. The number of carbonyl (C=O) groups excluding carboxylic acids is 3. The van der Waals surface area contributed by atoms with Crippen molar-refractivity contribution in [2.24, 2.45) is 17.8 Å². The summed E-state index contributed by atoms with van der Waals surface area (Å²) < 4.78 is 4.91. The summed E-state index contributed by atoms with van der Waals surface area (Å²) in [6.07, 6.45) is 6.73. The third kappa shape index (κ3) is 5.03. The second kappa shape index (κ2) is 12.3. The maximum Gasteiger partial charge on any atom is 0.310 e. The molecule has 2 amide bonds. The molecule has 7 nitrogen and oxygen atoms in total. The minimum absolute atomic E-state index is 0.00939. The fourth-order valence-electron chi connectivity index (χ4n) is 6.42. The summed E-state index contributed by atoms with van der Waals surface area (Å²) in [5.41, 5.74) is 0.672. The van der Waals surface area contributed by atoms with Gasteiger partial charge in [-0.05, 0) is 62.3 Å². The highest BCUT2D eigenvalue weighted by Gasteiger charge is 2.76. The maximum atomic E-state index is 14.5. The van der Waals surface area contributed by atoms with Gasteiger partial charge in [-0.15, -0.1) is 24.9 Å². The zero-order chi connectivity index (χ0) is 27.4. The first-order valence-corrected chi connectivity index (χ1v) is 14.6. The monoisotopic (exact) mass is 560 g/mol. The van der Waals surface area contributed by atoms with Crippen LogP contribution in [0.15, 0.2) is 49.6 Å². The summed E-state index contributed by atoms with van der Waals surface area (Å²) in [6.45, 7) is 10.6. The van der Waals surface area contributed by atoms with Crippen molar-refractivity contribution in [3.8, 4) is 0 Å². The molecule has 3 saturated heterocycles. The molecule has 3 unspecified atom stereocenters. The molecule has 2 bridgehead atoms. The summed E-state index contributed by atoms with van der Waals surface area (Å²) in [6, 6.07) is 6.31. The molecule has 3 aliphatic rings. The Morgan fingerprint density at radius 2 is 1.97 bits per heavy atom. The zero-order valence-electron chi connectivity index (χ0n) is 21.9. The van der Waals surface area contributed by atoms with Gasteiger partial charge in [0.2, 0.25) is 5.91 Å². The standard InChI is InChI=1S/C29H37ClN2O5S/c1-4-6-9-17-37-28(36)23-22-18-19(3)29(38-22)24(23)26(34)32(15-7-8-16-33)25(29)27(35)31(14-5-2)21-12-10-20(30)11-13-21/h4-5,10-13,19,22-25,33H,1-2,6-9,14-18H2,3H3/t19?,22-,23+,24-,25?,29?/m0/s1. The van der Waals surface area contributed by atoms with Crippen molar-refractivity contribution in [3.63, 3.8) is 0 Å². The van der Waals surface area contributed by atoms with E-state index in [4.69, 9.17) is 16.3 Å². The first-order chi connectivity index (χ1) is 18.3. The van der Waals surface area contributed by atoms with Crippen LogP contribution in [0.5, 0.6) is 0 Å². The van der Waals surface area contributed by atoms with Crippen molar-refractivity contribution >= 4 is 46.8 Å². The Balaban J connectivity index is 1.71. The number of unbranched alkanes of at least 4 members (excludes halogenated alkanes) is 2. The molecule has 3 heterocycles. The lowest BCUT2D eigenvalue weighted by atomic mass is 9.66. The number of ether oxygens (including phenoxy) is 1. The number of aliphatic hydroxyl groups excluding tert-OH is 1. The molecule has 0 aromatic heterocycles. The molecule has 6 atom stereocenters. The normalized spacial score (nSPS) is 29.3. The van der Waals surface area contributed by atoms with E-state index in [0.717, 1.165) is 12.8 Å². The van der Waals surface area contributed by atoms with Gasteiger partial charge in [0.25, 0.3) is 5.91 Å². The van der Waals surface area contributed by atoms with Crippen molar-refractivity contribution in [2.45, 2.75) is 55.1 Å². The molecule has 9 heteroatoms. The molecule has 38 heavy (non-hydrogen) atoms. The second-order valence-electron chi connectivity index (χ2n) is 10.3. The molecule has 1 spiro atoms. The second-order valence-corrected chi connectivity index (χ2v) is 12.3. The number of benzene rings is 1. The molecule has 3 fully saturated rings. The maximum absolute atomic E-state index is 14.5. The van der Waals surface area contributed by atoms with Crippen molar-refractivity contribution < 1.29 is 24.2 Å². The predicted molar refractivity (Wildman–Crippen MR) is 151 cm³/mol. The van der Waals surface area contributed by atoms with Gasteiger partial charge in [-0.3, -0.25) is 14.4 Å². The fourth-order valence-corrected chi connectivity index (χ4v) is 8.95. The van der Waals surface area contributed by atoms with Crippen LogP contribution < -0.4 is 4.90 Å². The largest absolute Gasteiger partial charge is 0.465 e. The number of likely N-dealkylation sites (tertiary alicyclic amines) is 1. The van der Waals surface area contributed by atoms with Crippen LogP contribution in [-0.4, -0.2) is 70.1 Å². The Morgan fingerprint density at radius 3 is 2.63 bits per heavy atom. The van der Waals surface area contributed by atoms with Gasteiger partial charge in [0, 0.05) is 35.7 Å². The Morgan fingerprint density at radius 1 is 1.24 bits per heavy atom. The average Bonchev–Trinajstić information content (AvgIpc) is 3.49. The van der Waals surface area contributed by atoms with Crippen molar-refractivity contribution in [3.05, 3.63) is 54.6 Å². The minimum Gasteiger partial charge on any atom is -0.465 e. The number of carbonyl (C=O) groups is 3. The summed E-state index contributed by atoms with van der Waals surface area (Å²) in [5.74, 6) is -1.83. The molecule has 0 saturated carbocycles. The van der Waals surface area contributed by atoms with E-state index in [-0.39, 0.29) is 48.7 Å². The van der Waals surface area contributed by atoms with Crippen LogP contribution in [0, 0.1) is 17.8 Å². The van der Waals surface area contributed by atoms with Gasteiger partial charge in [0.1, 0.15) is 6.04 Å². The lowest BCUT2D eigenvalue weighted by Crippen LogP contribution is -2.57. The number of esters is 1. The van der Waals surface area contributed by atoms with Gasteiger partial charge in [0.15, 0.2) is 0 Å². The lowest BCUT2D eigenvalue weighted by molar-refractivity contribution is -0.154. The van der Waals surface area contributed by atoms with E-state index in [1.54, 1.807) is 58.0 Å². The number of nitrogens with zero attached hydrogens (tertiary/aromatic N) is 2. The number of hydrogen-bond donors (Lipinski definition) is 1. The molecular weight excluding hydrogens is 524 g/mol. The van der Waals surface area contributed by atoms with Gasteiger partial charge >= 0.3 is 5.97 Å². The highest BCUT2D eigenvalue weighted by atomic mass is 35.5. The average molecular weight is 561 g/mol. The third-order valence-electron chi connectivity index (χ3n) is 8.07. The minimum atomic E-state index is -0.738. The van der Waals surface area contributed by atoms with Gasteiger partial charge < -0.3 is 19.6 Å². The first-order valence-electron chi connectivity index (χ1n) is 13.4. The molecular formula is C29H37ClN2O5S. The molecule has 206 valence electrons. The van der Waals surface area contributed by atoms with Crippen LogP contribution in [0.4, 0.5) is 5.69 Å². The van der Waals surface area contributed by atoms with E-state index in [9.17, 15) is 19.5 Å². The molecule has 1 N–H and O–H groups in total. The summed E-state index contributed by atoms with van der Waals surface area (Å²) in [5, 5.41) is 9.88. The lowest BCUT2D eigenvalue weighted by Gasteiger charge is -2.40. The van der Waals surface area contributed by atoms with E-state index in [1.807, 2.05) is 0 Å². The number of rotatable bonds is 13. The summed E-state index contributed by atoms with van der Waals surface area (Å²) in [4.78, 5) is 45.2. The van der Waals surface area contributed by atoms with Crippen molar-refractivity contribution in [2.75, 3.05) is 31.2 Å². The number of thioether (sulfide) groups is 1. The molecule has 1 aromatic carbocycles. The predicted octanol–water partition coefficient (Wildman–Crippen LogP) is 4.48. The van der Waals surface area contributed by atoms with Crippen LogP contribution in [0.2, 0.25) is 5.02 Å². The zero-order valence-corrected chi connectivity index (χ0v) is 23.5. The Bertz CT molecular complexity index is 1070. The highest BCUT2D eigenvalue weighted by Crippen LogP contribution is 2.68. The van der Waals surface area contributed by atoms with Gasteiger partial charge in [-0.1, -0.05) is 30.7 Å². The van der Waals surface area contributed by atoms with Gasteiger partial charge in [-0.25, -0.2) is 0 Å². The van der Waals surface area contributed by atoms with E-state index in [1.165, 1.54) is 0 Å². The Hall–Kier alpha value is -2.29. The van der Waals surface area contributed by atoms with E-state index in [0.29, 0.717) is 36.5 Å². The Labute approximate surface area is 234 Å². The Kier molecular flexibility index (Phi) is 9.27. The summed E-state index contributed by atoms with van der Waals surface area (Å²) >= 11 is 7.74. The van der Waals surface area contributed by atoms with E-state index in [2.05, 4.69) is 20.1 Å². The molecule has 0 aliphatic carbocycles. The van der Waals surface area contributed by atoms with Crippen molar-refractivity contribution in [1.82, 2.24) is 4.90 Å². The highest BCUT2D eigenvalue weighted by molar-refractivity contribution is 8.02. The number of anilines is 1. The number of aliphatic hydroxyl groups is 1. The van der Waals surface area contributed by atoms with Crippen molar-refractivity contribution in [1.29, 1.82) is 0 Å². The van der Waals surface area contributed by atoms with Crippen LogP contribution in [-0.2, 0) is 19.1 Å². The SMILES string of the molecule is C=CCCCOC(=O)[C@@H]1[C@@H]2CC(C)C3(S2)C(C(=O)N(CC=C)c2ccc(Cl)cc2)N(CCCCO)C(=O)[C@H]13. The molecule has 4 rings (SSSR count). The van der Waals surface area contributed by atoms with Crippen LogP contribution in [0.25, 0.3) is 0 Å². The number of allylic oxidation sites excluding steroid dienone is 1. The van der Waals surface area contributed by atoms with Gasteiger partial charge in [0.05, 0.1) is 23.2 Å². The van der Waals surface area contributed by atoms with Gasteiger partial charge in [-0.2, -0.15) is 0 Å². The number of halogens is 1. The quantitative estimate of drug-likeness (QED) is 0.217. The number of amides is 2. The van der Waals surface area contributed by atoms with Crippen LogP contribution in [0.3, 0.4) is 0 Å². The molecule has 0 radical (unpaired) electrons. The van der Waals surface area contributed by atoms with E-state index < -0.39 is 22.6 Å².